The smallest absolute Gasteiger partial charge is 0.195 e. The molecule has 22 heavy (non-hydrogen) atoms. The van der Waals surface area contributed by atoms with Crippen LogP contribution in [0.4, 0.5) is 0 Å². The first-order chi connectivity index (χ1) is 10.3. The van der Waals surface area contributed by atoms with Crippen molar-refractivity contribution in [2.24, 2.45) is 0 Å². The molecular weight excluding hydrogens is 393 g/mol. The fraction of sp³-hybridized carbons (Fsp3) is 0. The first-order valence-corrected chi connectivity index (χ1v) is 8.59. The highest BCUT2D eigenvalue weighted by Gasteiger charge is 2.35. The molecule has 0 bridgehead atoms. The number of ketones is 2. The van der Waals surface area contributed by atoms with Gasteiger partial charge in [-0.05, 0) is 12.1 Å². The molecule has 8 heteroatoms. The van der Waals surface area contributed by atoms with Crippen LogP contribution in [0.5, 0.6) is 0 Å². The van der Waals surface area contributed by atoms with Crippen LogP contribution in [-0.4, -0.2) is 11.6 Å². The highest BCUT2D eigenvalue weighted by molar-refractivity contribution is 7.85. The number of benzene rings is 2. The summed E-state index contributed by atoms with van der Waals surface area (Å²) < 4.78 is 0. The van der Waals surface area contributed by atoms with Crippen LogP contribution >= 0.6 is 75.8 Å². The van der Waals surface area contributed by atoms with Gasteiger partial charge in [0.2, 0.25) is 0 Å². The number of carbonyl (C=O) groups is 2. The average Bonchev–Trinajstić information content (AvgIpc) is 2.47. The Balaban J connectivity index is 2.43. The molecule has 0 aromatic heterocycles. The fourth-order valence-electron chi connectivity index (χ4n) is 2.38. The van der Waals surface area contributed by atoms with Crippen molar-refractivity contribution in [3.05, 3.63) is 34.4 Å². The van der Waals surface area contributed by atoms with Crippen LogP contribution in [0.15, 0.2) is 41.5 Å². The van der Waals surface area contributed by atoms with Gasteiger partial charge in [0.1, 0.15) is 0 Å². The van der Waals surface area contributed by atoms with Crippen molar-refractivity contribution in [2.75, 3.05) is 0 Å². The molecule has 0 spiro atoms. The van der Waals surface area contributed by atoms with Gasteiger partial charge in [0, 0.05) is 51.6 Å². The maximum absolute atomic E-state index is 12.8. The summed E-state index contributed by atoms with van der Waals surface area (Å²) in [5.41, 5.74) is 0.965. The molecule has 0 fully saturated rings. The molecule has 2 nitrogen and oxygen atoms in total. The second-order valence-corrected chi connectivity index (χ2v) is 7.44. The predicted molar refractivity (Wildman–Crippen MR) is 103 cm³/mol. The van der Waals surface area contributed by atoms with Crippen molar-refractivity contribution < 1.29 is 9.59 Å². The van der Waals surface area contributed by atoms with Gasteiger partial charge in [-0.3, -0.25) is 9.59 Å². The van der Waals surface area contributed by atoms with E-state index in [0.29, 0.717) is 29.4 Å². The highest BCUT2D eigenvalue weighted by atomic mass is 32.1. The summed E-state index contributed by atoms with van der Waals surface area (Å²) >= 11 is 25.8. The summed E-state index contributed by atoms with van der Waals surface area (Å²) in [5.74, 6) is -0.616. The summed E-state index contributed by atoms with van der Waals surface area (Å²) in [7, 11) is 0. The van der Waals surface area contributed by atoms with E-state index in [1.165, 1.54) is 12.1 Å². The lowest BCUT2D eigenvalue weighted by Gasteiger charge is -2.23. The molecule has 2 aromatic carbocycles. The minimum absolute atomic E-state index is 0.232. The first kappa shape index (κ1) is 16.7. The summed E-state index contributed by atoms with van der Waals surface area (Å²) in [4.78, 5) is 28.2. The van der Waals surface area contributed by atoms with Crippen molar-refractivity contribution in [3.63, 3.8) is 0 Å². The lowest BCUT2D eigenvalue weighted by molar-refractivity contribution is 0.0973. The van der Waals surface area contributed by atoms with E-state index in [9.17, 15) is 9.59 Å². The highest BCUT2D eigenvalue weighted by Crippen LogP contribution is 2.41. The van der Waals surface area contributed by atoms with Crippen LogP contribution in [-0.2, 0) is 0 Å². The van der Waals surface area contributed by atoms with Gasteiger partial charge in [-0.1, -0.05) is 0 Å². The number of fused-ring (bicyclic) bond motifs is 2. The largest absolute Gasteiger partial charge is 0.289 e. The average molecular weight is 401 g/mol. The van der Waals surface area contributed by atoms with Crippen molar-refractivity contribution in [1.29, 1.82) is 0 Å². The van der Waals surface area contributed by atoms with E-state index in [-0.39, 0.29) is 33.8 Å². The summed E-state index contributed by atoms with van der Waals surface area (Å²) in [6, 6.07) is 3.06. The molecule has 0 heterocycles. The third kappa shape index (κ3) is 2.27. The van der Waals surface area contributed by atoms with Crippen LogP contribution in [0, 0.1) is 0 Å². The Hall–Kier alpha value is -0.120. The molecular formula is C14H8O2S6. The SMILES string of the molecule is O=C1c2cc(S)c(S)c(S)c2C(=O)c2cc(S)c(S)c(S)c21. The van der Waals surface area contributed by atoms with Gasteiger partial charge in [0.25, 0.3) is 0 Å². The lowest BCUT2D eigenvalue weighted by Crippen LogP contribution is -2.23. The van der Waals surface area contributed by atoms with Gasteiger partial charge in [-0.2, -0.15) is 0 Å². The molecule has 1 aliphatic carbocycles. The van der Waals surface area contributed by atoms with E-state index in [1.807, 2.05) is 0 Å². The number of carbonyl (C=O) groups excluding carboxylic acids is 2. The van der Waals surface area contributed by atoms with Gasteiger partial charge >= 0.3 is 0 Å². The Morgan fingerprint density at radius 1 is 0.545 bits per heavy atom. The maximum Gasteiger partial charge on any atom is 0.195 e. The topological polar surface area (TPSA) is 34.1 Å². The minimum atomic E-state index is -0.308. The Morgan fingerprint density at radius 3 is 1.18 bits per heavy atom. The minimum Gasteiger partial charge on any atom is -0.289 e. The molecule has 0 saturated carbocycles. The molecule has 3 rings (SSSR count). The van der Waals surface area contributed by atoms with E-state index in [2.05, 4.69) is 75.8 Å². The second-order valence-electron chi connectivity index (χ2n) is 4.69. The van der Waals surface area contributed by atoms with E-state index >= 15 is 0 Å². The Bertz CT molecular complexity index is 814. The van der Waals surface area contributed by atoms with Crippen LogP contribution in [0.25, 0.3) is 0 Å². The van der Waals surface area contributed by atoms with E-state index in [4.69, 9.17) is 0 Å². The summed E-state index contributed by atoms with van der Waals surface area (Å²) in [6.45, 7) is 0. The van der Waals surface area contributed by atoms with E-state index in [1.54, 1.807) is 0 Å². The normalized spacial score (nSPS) is 13.2. The summed E-state index contributed by atoms with van der Waals surface area (Å²) in [5, 5.41) is 0. The lowest BCUT2D eigenvalue weighted by atomic mass is 9.84. The number of thiol groups is 6. The van der Waals surface area contributed by atoms with Gasteiger partial charge in [0.05, 0.1) is 0 Å². The zero-order valence-corrected chi connectivity index (χ0v) is 16.0. The van der Waals surface area contributed by atoms with Crippen LogP contribution in [0.2, 0.25) is 0 Å². The second kappa shape index (κ2) is 5.75. The monoisotopic (exact) mass is 400 g/mol. The molecule has 112 valence electrons. The molecule has 0 aliphatic heterocycles. The third-order valence-corrected chi connectivity index (χ3v) is 6.69. The molecule has 0 radical (unpaired) electrons. The van der Waals surface area contributed by atoms with E-state index < -0.39 is 0 Å². The zero-order chi connectivity index (χ0) is 16.3. The Morgan fingerprint density at radius 2 is 0.864 bits per heavy atom. The predicted octanol–water partition coefficient (Wildman–Crippen LogP) is 4.19. The van der Waals surface area contributed by atoms with Crippen molar-refractivity contribution in [2.45, 2.75) is 29.4 Å². The molecule has 0 amide bonds. The number of rotatable bonds is 0. The van der Waals surface area contributed by atoms with Crippen molar-refractivity contribution in [1.82, 2.24) is 0 Å². The number of hydrogen-bond donors (Lipinski definition) is 6. The molecule has 0 atom stereocenters. The van der Waals surface area contributed by atoms with Gasteiger partial charge < -0.3 is 0 Å². The zero-order valence-electron chi connectivity index (χ0n) is 10.7. The molecule has 0 N–H and O–H groups in total. The molecule has 0 saturated heterocycles. The molecule has 0 unspecified atom stereocenters. The van der Waals surface area contributed by atoms with Gasteiger partial charge in [0.15, 0.2) is 11.6 Å². The van der Waals surface area contributed by atoms with Crippen molar-refractivity contribution in [3.8, 4) is 0 Å². The van der Waals surface area contributed by atoms with Crippen LogP contribution in [0.1, 0.15) is 31.8 Å². The first-order valence-electron chi connectivity index (χ1n) is 5.90. The van der Waals surface area contributed by atoms with Crippen LogP contribution in [0.3, 0.4) is 0 Å². The van der Waals surface area contributed by atoms with Crippen LogP contribution < -0.4 is 0 Å². The fourth-order valence-corrected chi connectivity index (χ4v) is 4.07. The molecule has 2 aromatic rings. The van der Waals surface area contributed by atoms with Gasteiger partial charge in [-0.25, -0.2) is 0 Å². The Kier molecular flexibility index (Phi) is 4.37. The van der Waals surface area contributed by atoms with Gasteiger partial charge in [-0.15, -0.1) is 75.8 Å². The summed E-state index contributed by atoms with van der Waals surface area (Å²) in [6.07, 6.45) is 0. The quantitative estimate of drug-likeness (QED) is 0.320. The maximum atomic E-state index is 12.8. The third-order valence-electron chi connectivity index (χ3n) is 3.45. The van der Waals surface area contributed by atoms with E-state index in [0.717, 1.165) is 0 Å². The molecule has 1 aliphatic rings. The standard InChI is InChI=1S/C14H8O2S6/c15-9-3-1-5(17)11(19)13(21)7(3)10(16)4-2-6(18)12(20)14(22)8(4)9/h1-2,17-22H. The van der Waals surface area contributed by atoms with Crippen molar-refractivity contribution >= 4 is 87.3 Å². The Labute approximate surface area is 159 Å². The number of hydrogen-bond acceptors (Lipinski definition) is 8.